The molecule has 0 saturated carbocycles. The van der Waals surface area contributed by atoms with E-state index in [-0.39, 0.29) is 11.5 Å². The Labute approximate surface area is 106 Å². The summed E-state index contributed by atoms with van der Waals surface area (Å²) in [7, 11) is 0. The fourth-order valence-electron chi connectivity index (χ4n) is 1.64. The van der Waals surface area contributed by atoms with Crippen molar-refractivity contribution < 1.29 is 9.90 Å². The van der Waals surface area contributed by atoms with Crippen molar-refractivity contribution in [1.82, 2.24) is 0 Å². The smallest absolute Gasteiger partial charge is 0.159 e. The van der Waals surface area contributed by atoms with Crippen LogP contribution in [-0.2, 0) is 6.54 Å². The van der Waals surface area contributed by atoms with Gasteiger partial charge in [0.05, 0.1) is 0 Å². The highest BCUT2D eigenvalue weighted by atomic mass is 16.3. The van der Waals surface area contributed by atoms with E-state index in [0.29, 0.717) is 12.1 Å². The van der Waals surface area contributed by atoms with Gasteiger partial charge in [0, 0.05) is 17.8 Å². The number of aromatic hydroxyl groups is 1. The summed E-state index contributed by atoms with van der Waals surface area (Å²) in [6, 6.07) is 14.4. The third-order valence-corrected chi connectivity index (χ3v) is 2.72. The summed E-state index contributed by atoms with van der Waals surface area (Å²) in [5.41, 5.74) is 2.77. The van der Waals surface area contributed by atoms with Gasteiger partial charge in [-0.25, -0.2) is 0 Å². The summed E-state index contributed by atoms with van der Waals surface area (Å²) in [6.45, 7) is 2.23. The molecule has 0 saturated heterocycles. The highest BCUT2D eigenvalue weighted by molar-refractivity contribution is 5.94. The lowest BCUT2D eigenvalue weighted by molar-refractivity contribution is 0.101. The van der Waals surface area contributed by atoms with Crippen molar-refractivity contribution in [3.8, 4) is 5.75 Å². The standard InChI is InChI=1S/C15H15NO2/c1-11(17)13-4-6-14(7-5-13)16-10-12-2-8-15(18)9-3-12/h2-9,16,18H,10H2,1H3. The molecule has 2 rings (SSSR count). The lowest BCUT2D eigenvalue weighted by Crippen LogP contribution is -1.99. The van der Waals surface area contributed by atoms with E-state index in [4.69, 9.17) is 0 Å². The molecule has 0 aliphatic carbocycles. The lowest BCUT2D eigenvalue weighted by atomic mass is 10.1. The summed E-state index contributed by atoms with van der Waals surface area (Å²) in [4.78, 5) is 11.1. The van der Waals surface area contributed by atoms with Crippen molar-refractivity contribution in [2.75, 3.05) is 5.32 Å². The van der Waals surface area contributed by atoms with Crippen molar-refractivity contribution in [3.05, 3.63) is 59.7 Å². The topological polar surface area (TPSA) is 49.3 Å². The molecule has 0 spiro atoms. The molecule has 0 fully saturated rings. The van der Waals surface area contributed by atoms with Gasteiger partial charge in [-0.2, -0.15) is 0 Å². The fraction of sp³-hybridized carbons (Fsp3) is 0.133. The molecular weight excluding hydrogens is 226 g/mol. The summed E-state index contributed by atoms with van der Waals surface area (Å²) in [5.74, 6) is 0.338. The summed E-state index contributed by atoms with van der Waals surface area (Å²) < 4.78 is 0. The Morgan fingerprint density at radius 3 is 2.22 bits per heavy atom. The Morgan fingerprint density at radius 1 is 1.06 bits per heavy atom. The number of carbonyl (C=O) groups excluding carboxylic acids is 1. The second-order valence-electron chi connectivity index (χ2n) is 4.15. The van der Waals surface area contributed by atoms with Crippen molar-refractivity contribution in [3.63, 3.8) is 0 Å². The molecule has 0 aliphatic rings. The highest BCUT2D eigenvalue weighted by Crippen LogP contribution is 2.13. The Hall–Kier alpha value is -2.29. The van der Waals surface area contributed by atoms with Crippen LogP contribution in [0.15, 0.2) is 48.5 Å². The van der Waals surface area contributed by atoms with Crippen LogP contribution in [0.1, 0.15) is 22.8 Å². The van der Waals surface area contributed by atoms with Crippen molar-refractivity contribution in [2.24, 2.45) is 0 Å². The molecule has 18 heavy (non-hydrogen) atoms. The molecule has 2 aromatic carbocycles. The maximum atomic E-state index is 11.1. The first kappa shape index (κ1) is 12.2. The van der Waals surface area contributed by atoms with Gasteiger partial charge in [0.2, 0.25) is 0 Å². The Bertz CT molecular complexity index is 529. The Balaban J connectivity index is 1.97. The van der Waals surface area contributed by atoms with E-state index in [2.05, 4.69) is 5.32 Å². The minimum atomic E-state index is 0.0695. The first-order valence-electron chi connectivity index (χ1n) is 5.78. The van der Waals surface area contributed by atoms with Crippen molar-refractivity contribution in [2.45, 2.75) is 13.5 Å². The Kier molecular flexibility index (Phi) is 3.63. The third kappa shape index (κ3) is 3.10. The van der Waals surface area contributed by atoms with Gasteiger partial charge in [-0.3, -0.25) is 4.79 Å². The molecule has 2 N–H and O–H groups in total. The molecule has 0 unspecified atom stereocenters. The van der Waals surface area contributed by atoms with Crippen molar-refractivity contribution >= 4 is 11.5 Å². The van der Waals surface area contributed by atoms with Crippen LogP contribution in [-0.4, -0.2) is 10.9 Å². The summed E-state index contributed by atoms with van der Waals surface area (Å²) >= 11 is 0. The first-order chi connectivity index (χ1) is 8.65. The number of Topliss-reactive ketones (excluding diaryl/α,β-unsaturated/α-hetero) is 1. The van der Waals surface area contributed by atoms with Crippen LogP contribution in [0.25, 0.3) is 0 Å². The van der Waals surface area contributed by atoms with E-state index in [1.165, 1.54) is 0 Å². The zero-order valence-electron chi connectivity index (χ0n) is 10.2. The predicted octanol–water partition coefficient (Wildman–Crippen LogP) is 3.21. The SMILES string of the molecule is CC(=O)c1ccc(NCc2ccc(O)cc2)cc1. The second-order valence-corrected chi connectivity index (χ2v) is 4.15. The molecule has 92 valence electrons. The van der Waals surface area contributed by atoms with Gasteiger partial charge in [-0.1, -0.05) is 12.1 Å². The van der Waals surface area contributed by atoms with Crippen LogP contribution in [0.3, 0.4) is 0 Å². The van der Waals surface area contributed by atoms with Crippen LogP contribution < -0.4 is 5.32 Å². The molecule has 3 heteroatoms. The largest absolute Gasteiger partial charge is 0.508 e. The normalized spacial score (nSPS) is 10.1. The van der Waals surface area contributed by atoms with Gasteiger partial charge in [-0.15, -0.1) is 0 Å². The molecular formula is C15H15NO2. The zero-order chi connectivity index (χ0) is 13.0. The monoisotopic (exact) mass is 241 g/mol. The molecule has 0 radical (unpaired) electrons. The summed E-state index contributed by atoms with van der Waals surface area (Å²) in [5, 5.41) is 12.4. The number of hydrogen-bond donors (Lipinski definition) is 2. The number of rotatable bonds is 4. The van der Waals surface area contributed by atoms with Gasteiger partial charge in [0.15, 0.2) is 5.78 Å². The van der Waals surface area contributed by atoms with E-state index >= 15 is 0 Å². The number of ketones is 1. The number of benzene rings is 2. The molecule has 0 heterocycles. The predicted molar refractivity (Wildman–Crippen MR) is 71.9 cm³/mol. The van der Waals surface area contributed by atoms with E-state index in [1.807, 2.05) is 36.4 Å². The van der Waals surface area contributed by atoms with Gasteiger partial charge < -0.3 is 10.4 Å². The minimum absolute atomic E-state index is 0.0695. The van der Waals surface area contributed by atoms with Crippen LogP contribution >= 0.6 is 0 Å². The average molecular weight is 241 g/mol. The van der Waals surface area contributed by atoms with Gasteiger partial charge in [0.1, 0.15) is 5.75 Å². The van der Waals surface area contributed by atoms with Gasteiger partial charge in [0.25, 0.3) is 0 Å². The Morgan fingerprint density at radius 2 is 1.67 bits per heavy atom. The van der Waals surface area contributed by atoms with Crippen LogP contribution in [0.4, 0.5) is 5.69 Å². The van der Waals surface area contributed by atoms with Crippen LogP contribution in [0.2, 0.25) is 0 Å². The number of anilines is 1. The van der Waals surface area contributed by atoms with Gasteiger partial charge >= 0.3 is 0 Å². The maximum Gasteiger partial charge on any atom is 0.159 e. The molecule has 2 aromatic rings. The fourth-order valence-corrected chi connectivity index (χ4v) is 1.64. The average Bonchev–Trinajstić information content (AvgIpc) is 2.38. The quantitative estimate of drug-likeness (QED) is 0.808. The lowest BCUT2D eigenvalue weighted by Gasteiger charge is -2.07. The van der Waals surface area contributed by atoms with Crippen LogP contribution in [0, 0.1) is 0 Å². The number of nitrogens with one attached hydrogen (secondary N) is 1. The highest BCUT2D eigenvalue weighted by Gasteiger charge is 1.99. The number of phenolic OH excluding ortho intramolecular Hbond substituents is 1. The molecule has 0 amide bonds. The van der Waals surface area contributed by atoms with E-state index in [1.54, 1.807) is 19.1 Å². The van der Waals surface area contributed by atoms with Gasteiger partial charge in [-0.05, 0) is 48.9 Å². The molecule has 0 bridgehead atoms. The molecule has 0 aromatic heterocycles. The van der Waals surface area contributed by atoms with E-state index in [9.17, 15) is 9.90 Å². The number of carbonyl (C=O) groups is 1. The molecule has 0 atom stereocenters. The maximum absolute atomic E-state index is 11.1. The van der Waals surface area contributed by atoms with E-state index in [0.717, 1.165) is 11.3 Å². The van der Waals surface area contributed by atoms with Crippen LogP contribution in [0.5, 0.6) is 5.75 Å². The number of phenols is 1. The van der Waals surface area contributed by atoms with E-state index < -0.39 is 0 Å². The zero-order valence-corrected chi connectivity index (χ0v) is 10.2. The minimum Gasteiger partial charge on any atom is -0.508 e. The van der Waals surface area contributed by atoms with Crippen molar-refractivity contribution in [1.29, 1.82) is 0 Å². The summed E-state index contributed by atoms with van der Waals surface area (Å²) in [6.07, 6.45) is 0. The molecule has 3 nitrogen and oxygen atoms in total. The first-order valence-corrected chi connectivity index (χ1v) is 5.78. The second kappa shape index (κ2) is 5.36. The third-order valence-electron chi connectivity index (χ3n) is 2.72. The molecule has 0 aliphatic heterocycles. The number of hydrogen-bond acceptors (Lipinski definition) is 3.